The van der Waals surface area contributed by atoms with Gasteiger partial charge in [0.25, 0.3) is 0 Å². The minimum atomic E-state index is 0.325. The number of ether oxygens (including phenoxy) is 2. The molecular weight excluding hydrogens is 206 g/mol. The Morgan fingerprint density at radius 1 is 1.31 bits per heavy atom. The normalized spacial score (nSPS) is 34.1. The van der Waals surface area contributed by atoms with Gasteiger partial charge in [-0.1, -0.05) is 0 Å². The van der Waals surface area contributed by atoms with Crippen LogP contribution < -0.4 is 5.73 Å². The quantitative estimate of drug-likeness (QED) is 0.671. The first-order chi connectivity index (χ1) is 7.79. The van der Waals surface area contributed by atoms with Gasteiger partial charge in [0.15, 0.2) is 0 Å². The zero-order valence-corrected chi connectivity index (χ0v) is 10.1. The van der Waals surface area contributed by atoms with E-state index in [0.29, 0.717) is 18.7 Å². The molecule has 2 unspecified atom stereocenters. The average Bonchev–Trinajstić information content (AvgIpc) is 2.30. The monoisotopic (exact) mass is 229 g/mol. The van der Waals surface area contributed by atoms with E-state index in [-0.39, 0.29) is 0 Å². The fourth-order valence-corrected chi connectivity index (χ4v) is 2.39. The highest BCUT2D eigenvalue weighted by Gasteiger charge is 2.26. The first kappa shape index (κ1) is 12.3. The van der Waals surface area contributed by atoms with Crippen molar-refractivity contribution in [2.45, 2.75) is 12.1 Å². The van der Waals surface area contributed by atoms with E-state index in [4.69, 9.17) is 15.2 Å². The van der Waals surface area contributed by atoms with E-state index in [2.05, 4.69) is 16.8 Å². The molecule has 0 aromatic carbocycles. The van der Waals surface area contributed by atoms with Gasteiger partial charge in [0, 0.05) is 38.8 Å². The second-order valence-electron chi connectivity index (χ2n) is 4.71. The van der Waals surface area contributed by atoms with Gasteiger partial charge in [-0.15, -0.1) is 0 Å². The number of rotatable bonds is 3. The van der Waals surface area contributed by atoms with Crippen LogP contribution in [0.2, 0.25) is 0 Å². The SMILES string of the molecule is CN1CCOC(CN2CCOCC2CN)C1. The Morgan fingerprint density at radius 3 is 2.94 bits per heavy atom. The summed E-state index contributed by atoms with van der Waals surface area (Å²) in [4.78, 5) is 4.74. The fourth-order valence-electron chi connectivity index (χ4n) is 2.39. The Hall–Kier alpha value is -0.200. The summed E-state index contributed by atoms with van der Waals surface area (Å²) in [5.41, 5.74) is 5.75. The van der Waals surface area contributed by atoms with Gasteiger partial charge in [0.1, 0.15) is 0 Å². The van der Waals surface area contributed by atoms with Crippen molar-refractivity contribution in [2.75, 3.05) is 59.6 Å². The van der Waals surface area contributed by atoms with Crippen molar-refractivity contribution in [1.82, 2.24) is 9.80 Å². The van der Waals surface area contributed by atoms with Crippen molar-refractivity contribution in [3.63, 3.8) is 0 Å². The van der Waals surface area contributed by atoms with Crippen LogP contribution in [0, 0.1) is 0 Å². The number of morpholine rings is 2. The van der Waals surface area contributed by atoms with Gasteiger partial charge in [0.05, 0.1) is 25.9 Å². The average molecular weight is 229 g/mol. The first-order valence-corrected chi connectivity index (χ1v) is 6.11. The summed E-state index contributed by atoms with van der Waals surface area (Å²) in [6.45, 7) is 7.12. The van der Waals surface area contributed by atoms with E-state index in [1.54, 1.807) is 0 Å². The van der Waals surface area contributed by atoms with Gasteiger partial charge in [0.2, 0.25) is 0 Å². The molecule has 0 saturated carbocycles. The second kappa shape index (κ2) is 5.93. The highest BCUT2D eigenvalue weighted by atomic mass is 16.5. The van der Waals surface area contributed by atoms with Gasteiger partial charge < -0.3 is 20.1 Å². The Balaban J connectivity index is 1.82. The van der Waals surface area contributed by atoms with Crippen molar-refractivity contribution in [3.05, 3.63) is 0 Å². The van der Waals surface area contributed by atoms with E-state index < -0.39 is 0 Å². The smallest absolute Gasteiger partial charge is 0.0829 e. The largest absolute Gasteiger partial charge is 0.378 e. The van der Waals surface area contributed by atoms with E-state index >= 15 is 0 Å². The number of hydrogen-bond donors (Lipinski definition) is 1. The van der Waals surface area contributed by atoms with Gasteiger partial charge in [-0.05, 0) is 7.05 Å². The highest BCUT2D eigenvalue weighted by Crippen LogP contribution is 2.10. The summed E-state index contributed by atoms with van der Waals surface area (Å²) in [5.74, 6) is 0. The lowest BCUT2D eigenvalue weighted by Crippen LogP contribution is -2.54. The summed E-state index contributed by atoms with van der Waals surface area (Å²) in [5, 5.41) is 0. The molecule has 2 saturated heterocycles. The van der Waals surface area contributed by atoms with E-state index in [9.17, 15) is 0 Å². The molecule has 0 spiro atoms. The van der Waals surface area contributed by atoms with Crippen molar-refractivity contribution in [2.24, 2.45) is 5.73 Å². The van der Waals surface area contributed by atoms with Crippen LogP contribution in [-0.2, 0) is 9.47 Å². The van der Waals surface area contributed by atoms with E-state index in [0.717, 1.165) is 46.0 Å². The molecule has 2 aliphatic heterocycles. The summed E-state index contributed by atoms with van der Waals surface area (Å²) < 4.78 is 11.2. The summed E-state index contributed by atoms with van der Waals surface area (Å²) in [7, 11) is 2.15. The molecule has 0 radical (unpaired) electrons. The summed E-state index contributed by atoms with van der Waals surface area (Å²) >= 11 is 0. The fraction of sp³-hybridized carbons (Fsp3) is 1.00. The van der Waals surface area contributed by atoms with Crippen molar-refractivity contribution < 1.29 is 9.47 Å². The van der Waals surface area contributed by atoms with E-state index in [1.165, 1.54) is 0 Å². The molecule has 5 heteroatoms. The van der Waals surface area contributed by atoms with Gasteiger partial charge >= 0.3 is 0 Å². The van der Waals surface area contributed by atoms with Crippen molar-refractivity contribution in [1.29, 1.82) is 0 Å². The Bertz CT molecular complexity index is 215. The molecule has 5 nitrogen and oxygen atoms in total. The predicted molar refractivity (Wildman–Crippen MR) is 62.5 cm³/mol. The molecule has 16 heavy (non-hydrogen) atoms. The molecule has 2 N–H and O–H groups in total. The lowest BCUT2D eigenvalue weighted by molar-refractivity contribution is -0.0669. The molecule has 0 bridgehead atoms. The minimum absolute atomic E-state index is 0.325. The molecule has 0 aromatic heterocycles. The van der Waals surface area contributed by atoms with Crippen LogP contribution in [0.5, 0.6) is 0 Å². The lowest BCUT2D eigenvalue weighted by atomic mass is 10.2. The van der Waals surface area contributed by atoms with Crippen molar-refractivity contribution >= 4 is 0 Å². The molecule has 94 valence electrons. The Kier molecular flexibility index (Phi) is 4.55. The van der Waals surface area contributed by atoms with Crippen LogP contribution in [0.4, 0.5) is 0 Å². The van der Waals surface area contributed by atoms with Crippen LogP contribution in [0.15, 0.2) is 0 Å². The van der Waals surface area contributed by atoms with Crippen LogP contribution in [-0.4, -0.2) is 81.5 Å². The number of hydrogen-bond acceptors (Lipinski definition) is 5. The van der Waals surface area contributed by atoms with Gasteiger partial charge in [-0.25, -0.2) is 0 Å². The van der Waals surface area contributed by atoms with Crippen LogP contribution in [0.25, 0.3) is 0 Å². The van der Waals surface area contributed by atoms with Crippen LogP contribution >= 0.6 is 0 Å². The van der Waals surface area contributed by atoms with Crippen molar-refractivity contribution in [3.8, 4) is 0 Å². The maximum Gasteiger partial charge on any atom is 0.0829 e. The standard InChI is InChI=1S/C11H23N3O2/c1-13-2-5-16-11(7-13)8-14-3-4-15-9-10(14)6-12/h10-11H,2-9,12H2,1H3. The molecule has 0 amide bonds. The van der Waals surface area contributed by atoms with Crippen LogP contribution in [0.3, 0.4) is 0 Å². The minimum Gasteiger partial charge on any atom is -0.378 e. The van der Waals surface area contributed by atoms with Crippen LogP contribution in [0.1, 0.15) is 0 Å². The Labute approximate surface area is 97.5 Å². The Morgan fingerprint density at radius 2 is 2.19 bits per heavy atom. The maximum absolute atomic E-state index is 5.78. The third kappa shape index (κ3) is 3.15. The zero-order chi connectivity index (χ0) is 11.4. The molecule has 2 rings (SSSR count). The molecule has 2 aliphatic rings. The second-order valence-corrected chi connectivity index (χ2v) is 4.71. The number of nitrogens with zero attached hydrogens (tertiary/aromatic N) is 2. The molecule has 2 atom stereocenters. The van der Waals surface area contributed by atoms with E-state index in [1.807, 2.05) is 0 Å². The maximum atomic E-state index is 5.78. The lowest BCUT2D eigenvalue weighted by Gasteiger charge is -2.39. The van der Waals surface area contributed by atoms with Gasteiger partial charge in [-0.3, -0.25) is 4.90 Å². The summed E-state index contributed by atoms with van der Waals surface area (Å²) in [6.07, 6.45) is 0.325. The number of nitrogens with two attached hydrogens (primary N) is 1. The molecule has 2 fully saturated rings. The summed E-state index contributed by atoms with van der Waals surface area (Å²) in [6, 6.07) is 0.365. The first-order valence-electron chi connectivity index (χ1n) is 6.11. The third-order valence-electron chi connectivity index (χ3n) is 3.40. The topological polar surface area (TPSA) is 51.0 Å². The number of likely N-dealkylation sites (N-methyl/N-ethyl adjacent to an activating group) is 1. The van der Waals surface area contributed by atoms with Gasteiger partial charge in [-0.2, -0.15) is 0 Å². The molecule has 0 aliphatic carbocycles. The predicted octanol–water partition coefficient (Wildman–Crippen LogP) is -1.02. The third-order valence-corrected chi connectivity index (χ3v) is 3.40. The molecule has 0 aromatic rings. The molecule has 2 heterocycles. The zero-order valence-electron chi connectivity index (χ0n) is 10.1. The molecular formula is C11H23N3O2. The highest BCUT2D eigenvalue weighted by molar-refractivity contribution is 4.80.